The Bertz CT molecular complexity index is 482. The third kappa shape index (κ3) is 3.32. The van der Waals surface area contributed by atoms with Crippen LogP contribution in [0.5, 0.6) is 0 Å². The molecule has 4 nitrogen and oxygen atoms in total. The Balaban J connectivity index is 2.26. The molecule has 1 aliphatic heterocycles. The van der Waals surface area contributed by atoms with Crippen LogP contribution in [0.3, 0.4) is 0 Å². The maximum Gasteiger partial charge on any atom is 0.221 e. The van der Waals surface area contributed by atoms with Crippen LogP contribution in [-0.4, -0.2) is 19.0 Å². The predicted octanol–water partition coefficient (Wildman–Crippen LogP) is 3.12. The van der Waals surface area contributed by atoms with Gasteiger partial charge in [-0.2, -0.15) is 0 Å². The van der Waals surface area contributed by atoms with E-state index in [1.54, 1.807) is 6.07 Å². The number of amides is 1. The predicted molar refractivity (Wildman–Crippen MR) is 80.8 cm³/mol. The first kappa shape index (κ1) is 14.0. The Hall–Kier alpha value is -1.42. The van der Waals surface area contributed by atoms with Gasteiger partial charge in [0.2, 0.25) is 5.91 Å². The van der Waals surface area contributed by atoms with Crippen LogP contribution >= 0.6 is 11.6 Å². The van der Waals surface area contributed by atoms with Gasteiger partial charge in [-0.25, -0.2) is 0 Å². The summed E-state index contributed by atoms with van der Waals surface area (Å²) in [6, 6.07) is 3.58. The number of hydrogen-bond acceptors (Lipinski definition) is 3. The molecule has 0 aromatic heterocycles. The van der Waals surface area contributed by atoms with Gasteiger partial charge >= 0.3 is 0 Å². The van der Waals surface area contributed by atoms with Crippen molar-refractivity contribution in [2.45, 2.75) is 26.7 Å². The lowest BCUT2D eigenvalue weighted by molar-refractivity contribution is -0.114. The van der Waals surface area contributed by atoms with Crippen molar-refractivity contribution in [1.29, 1.82) is 0 Å². The average molecular weight is 282 g/mol. The molecule has 0 aliphatic carbocycles. The minimum Gasteiger partial charge on any atom is -0.397 e. The highest BCUT2D eigenvalue weighted by molar-refractivity contribution is 6.34. The fourth-order valence-electron chi connectivity index (χ4n) is 2.39. The van der Waals surface area contributed by atoms with Gasteiger partial charge in [0, 0.05) is 20.0 Å². The fourth-order valence-corrected chi connectivity index (χ4v) is 2.61. The monoisotopic (exact) mass is 281 g/mol. The normalized spacial score (nSPS) is 16.5. The molecular formula is C14H20ClN3O. The molecule has 3 N–H and O–H groups in total. The van der Waals surface area contributed by atoms with Crippen molar-refractivity contribution in [1.82, 2.24) is 0 Å². The number of anilines is 3. The third-order valence-corrected chi connectivity index (χ3v) is 3.86. The van der Waals surface area contributed by atoms with E-state index in [0.29, 0.717) is 16.4 Å². The number of halogens is 1. The number of nitrogens with one attached hydrogen (secondary N) is 1. The molecule has 1 aromatic rings. The zero-order chi connectivity index (χ0) is 14.0. The highest BCUT2D eigenvalue weighted by atomic mass is 35.5. The van der Waals surface area contributed by atoms with Crippen LogP contribution in [0.4, 0.5) is 17.1 Å². The molecule has 1 fully saturated rings. The summed E-state index contributed by atoms with van der Waals surface area (Å²) in [5.74, 6) is 0.629. The number of hydrogen-bond donors (Lipinski definition) is 2. The minimum absolute atomic E-state index is 0.134. The van der Waals surface area contributed by atoms with Crippen molar-refractivity contribution in [3.63, 3.8) is 0 Å². The molecule has 0 atom stereocenters. The zero-order valence-corrected chi connectivity index (χ0v) is 12.1. The summed E-state index contributed by atoms with van der Waals surface area (Å²) in [7, 11) is 0. The fraction of sp³-hybridized carbons (Fsp3) is 0.500. The Morgan fingerprint density at radius 2 is 2.05 bits per heavy atom. The van der Waals surface area contributed by atoms with E-state index in [4.69, 9.17) is 17.3 Å². The first-order valence-corrected chi connectivity index (χ1v) is 6.96. The lowest BCUT2D eigenvalue weighted by atomic mass is 9.98. The second-order valence-electron chi connectivity index (χ2n) is 5.24. The lowest BCUT2D eigenvalue weighted by Gasteiger charge is -2.33. The van der Waals surface area contributed by atoms with Crippen LogP contribution in [0, 0.1) is 5.92 Å². The van der Waals surface area contributed by atoms with Gasteiger partial charge in [0.15, 0.2) is 0 Å². The number of nitrogens with zero attached hydrogens (tertiary/aromatic N) is 1. The van der Waals surface area contributed by atoms with Crippen LogP contribution in [0.15, 0.2) is 12.1 Å². The average Bonchev–Trinajstić information content (AvgIpc) is 2.33. The van der Waals surface area contributed by atoms with Gasteiger partial charge in [-0.15, -0.1) is 0 Å². The third-order valence-electron chi connectivity index (χ3n) is 3.55. The molecule has 0 bridgehead atoms. The van der Waals surface area contributed by atoms with E-state index in [1.807, 2.05) is 6.07 Å². The van der Waals surface area contributed by atoms with Crippen LogP contribution < -0.4 is 16.0 Å². The number of carbonyl (C=O) groups excluding carboxylic acids is 1. The zero-order valence-electron chi connectivity index (χ0n) is 11.4. The topological polar surface area (TPSA) is 58.4 Å². The maximum atomic E-state index is 11.2. The van der Waals surface area contributed by atoms with Gasteiger partial charge in [-0.05, 0) is 30.9 Å². The smallest absolute Gasteiger partial charge is 0.221 e. The van der Waals surface area contributed by atoms with Gasteiger partial charge in [-0.1, -0.05) is 18.5 Å². The van der Waals surface area contributed by atoms with E-state index in [9.17, 15) is 4.79 Å². The van der Waals surface area contributed by atoms with Crippen molar-refractivity contribution in [3.05, 3.63) is 17.2 Å². The molecule has 1 amide bonds. The summed E-state index contributed by atoms with van der Waals surface area (Å²) in [5, 5.41) is 3.21. The molecule has 19 heavy (non-hydrogen) atoms. The van der Waals surface area contributed by atoms with Gasteiger partial charge in [0.1, 0.15) is 0 Å². The summed E-state index contributed by atoms with van der Waals surface area (Å²) in [6.07, 6.45) is 2.33. The molecule has 2 rings (SSSR count). The van der Waals surface area contributed by atoms with Crippen LogP contribution in [0.1, 0.15) is 26.7 Å². The maximum absolute atomic E-state index is 11.2. The van der Waals surface area contributed by atoms with E-state index < -0.39 is 0 Å². The summed E-state index contributed by atoms with van der Waals surface area (Å²) < 4.78 is 0. The van der Waals surface area contributed by atoms with Crippen molar-refractivity contribution in [2.24, 2.45) is 5.92 Å². The Morgan fingerprint density at radius 3 is 2.63 bits per heavy atom. The molecule has 5 heteroatoms. The number of benzene rings is 1. The molecule has 1 aliphatic rings. The Labute approximate surface area is 118 Å². The lowest BCUT2D eigenvalue weighted by Crippen LogP contribution is -2.33. The van der Waals surface area contributed by atoms with Gasteiger partial charge in [-0.3, -0.25) is 4.79 Å². The van der Waals surface area contributed by atoms with E-state index in [2.05, 4.69) is 17.1 Å². The molecule has 0 unspecified atom stereocenters. The summed E-state index contributed by atoms with van der Waals surface area (Å²) in [6.45, 7) is 5.72. The molecule has 1 heterocycles. The Morgan fingerprint density at radius 1 is 1.42 bits per heavy atom. The van der Waals surface area contributed by atoms with E-state index >= 15 is 0 Å². The first-order chi connectivity index (χ1) is 8.97. The van der Waals surface area contributed by atoms with Gasteiger partial charge in [0.25, 0.3) is 0 Å². The number of rotatable bonds is 2. The molecule has 0 saturated carbocycles. The molecule has 104 valence electrons. The Kier molecular flexibility index (Phi) is 4.20. The molecule has 0 radical (unpaired) electrons. The minimum atomic E-state index is -0.134. The SMILES string of the molecule is CC(=O)Nc1cc(N2CCC(C)CC2)c(N)cc1Cl. The van der Waals surface area contributed by atoms with Crippen LogP contribution in [0.2, 0.25) is 5.02 Å². The van der Waals surface area contributed by atoms with Crippen molar-refractivity contribution in [3.8, 4) is 0 Å². The van der Waals surface area contributed by atoms with Crippen molar-refractivity contribution >= 4 is 34.6 Å². The number of nitrogens with two attached hydrogens (primary N) is 1. The van der Waals surface area contributed by atoms with Crippen LogP contribution in [0.25, 0.3) is 0 Å². The van der Waals surface area contributed by atoms with E-state index in [0.717, 1.165) is 37.5 Å². The quantitative estimate of drug-likeness (QED) is 0.819. The summed E-state index contributed by atoms with van der Waals surface area (Å²) in [4.78, 5) is 13.4. The highest BCUT2D eigenvalue weighted by Crippen LogP contribution is 2.35. The second kappa shape index (κ2) is 5.70. The van der Waals surface area contributed by atoms with Crippen LogP contribution in [-0.2, 0) is 4.79 Å². The standard InChI is InChI=1S/C14H20ClN3O/c1-9-3-5-18(6-4-9)14-8-13(17-10(2)19)11(15)7-12(14)16/h7-9H,3-6,16H2,1-2H3,(H,17,19). The first-order valence-electron chi connectivity index (χ1n) is 6.59. The number of nitrogen functional groups attached to an aromatic ring is 1. The van der Waals surface area contributed by atoms with E-state index in [1.165, 1.54) is 6.92 Å². The molecule has 1 saturated heterocycles. The number of carbonyl (C=O) groups is 1. The van der Waals surface area contributed by atoms with Crippen molar-refractivity contribution in [2.75, 3.05) is 29.0 Å². The molecule has 0 spiro atoms. The summed E-state index contributed by atoms with van der Waals surface area (Å²) in [5.41, 5.74) is 8.29. The largest absolute Gasteiger partial charge is 0.397 e. The molecular weight excluding hydrogens is 262 g/mol. The number of piperidine rings is 1. The van der Waals surface area contributed by atoms with E-state index in [-0.39, 0.29) is 5.91 Å². The molecule has 1 aromatic carbocycles. The highest BCUT2D eigenvalue weighted by Gasteiger charge is 2.19. The van der Waals surface area contributed by atoms with Gasteiger partial charge in [0.05, 0.1) is 22.1 Å². The van der Waals surface area contributed by atoms with Gasteiger partial charge < -0.3 is 16.0 Å². The second-order valence-corrected chi connectivity index (χ2v) is 5.65. The van der Waals surface area contributed by atoms with Crippen molar-refractivity contribution < 1.29 is 4.79 Å². The summed E-state index contributed by atoms with van der Waals surface area (Å²) >= 11 is 6.09.